The number of rotatable bonds is 2. The van der Waals surface area contributed by atoms with Crippen LogP contribution in [0.1, 0.15) is 30.5 Å². The summed E-state index contributed by atoms with van der Waals surface area (Å²) in [5, 5.41) is 3.56. The van der Waals surface area contributed by atoms with Gasteiger partial charge in [0.2, 0.25) is 0 Å². The summed E-state index contributed by atoms with van der Waals surface area (Å²) in [6, 6.07) is 6.86. The van der Waals surface area contributed by atoms with Crippen molar-refractivity contribution in [3.05, 3.63) is 34.9 Å². The average Bonchev–Trinajstić information content (AvgIpc) is 2.87. The van der Waals surface area contributed by atoms with Gasteiger partial charge in [0.1, 0.15) is 0 Å². The van der Waals surface area contributed by atoms with Crippen LogP contribution in [0.15, 0.2) is 18.2 Å². The van der Waals surface area contributed by atoms with Crippen molar-refractivity contribution < 1.29 is 0 Å². The van der Waals surface area contributed by atoms with E-state index in [0.29, 0.717) is 5.54 Å². The predicted octanol–water partition coefficient (Wildman–Crippen LogP) is 2.73. The first kappa shape index (κ1) is 13.1. The number of nitrogens with zero attached hydrogens (tertiary/aromatic N) is 1. The van der Waals surface area contributed by atoms with Gasteiger partial charge in [-0.25, -0.2) is 0 Å². The maximum atomic E-state index is 3.56. The number of aryl methyl sites for hydroxylation is 2. The van der Waals surface area contributed by atoms with Gasteiger partial charge in [-0.15, -0.1) is 0 Å². The van der Waals surface area contributed by atoms with Crippen LogP contribution in [0.4, 0.5) is 0 Å². The predicted molar refractivity (Wildman–Crippen MR) is 80.3 cm³/mol. The fraction of sp³-hybridized carbons (Fsp3) is 0.647. The summed E-state index contributed by atoms with van der Waals surface area (Å²) in [7, 11) is 0. The van der Waals surface area contributed by atoms with Gasteiger partial charge < -0.3 is 5.32 Å². The van der Waals surface area contributed by atoms with Crippen LogP contribution in [-0.4, -0.2) is 30.1 Å². The molecule has 0 bridgehead atoms. The second-order valence-corrected chi connectivity index (χ2v) is 6.99. The van der Waals surface area contributed by atoms with Gasteiger partial charge >= 0.3 is 0 Å². The lowest BCUT2D eigenvalue weighted by molar-refractivity contribution is 0.132. The van der Waals surface area contributed by atoms with Crippen molar-refractivity contribution in [1.29, 1.82) is 0 Å². The Hall–Kier alpha value is -0.860. The zero-order chi connectivity index (χ0) is 13.6. The van der Waals surface area contributed by atoms with E-state index in [1.165, 1.54) is 36.3 Å². The van der Waals surface area contributed by atoms with Crippen LogP contribution in [0.25, 0.3) is 0 Å². The van der Waals surface area contributed by atoms with E-state index >= 15 is 0 Å². The normalized spacial score (nSPS) is 29.7. The van der Waals surface area contributed by atoms with Gasteiger partial charge in [0.05, 0.1) is 0 Å². The summed E-state index contributed by atoms with van der Waals surface area (Å²) >= 11 is 0. The number of nitrogens with one attached hydrogen (secondary N) is 1. The van der Waals surface area contributed by atoms with Crippen LogP contribution in [0.5, 0.6) is 0 Å². The van der Waals surface area contributed by atoms with E-state index in [-0.39, 0.29) is 0 Å². The second-order valence-electron chi connectivity index (χ2n) is 6.99. The Morgan fingerprint density at radius 1 is 1.26 bits per heavy atom. The highest BCUT2D eigenvalue weighted by Crippen LogP contribution is 2.41. The maximum Gasteiger partial charge on any atom is 0.0241 e. The van der Waals surface area contributed by atoms with Crippen molar-refractivity contribution in [2.45, 2.75) is 39.8 Å². The Kier molecular flexibility index (Phi) is 3.18. The Balaban J connectivity index is 1.80. The van der Waals surface area contributed by atoms with E-state index in [4.69, 9.17) is 0 Å². The van der Waals surface area contributed by atoms with E-state index in [0.717, 1.165) is 18.4 Å². The molecule has 0 saturated carbocycles. The number of hydrogen-bond donors (Lipinski definition) is 1. The van der Waals surface area contributed by atoms with E-state index in [1.807, 2.05) is 0 Å². The van der Waals surface area contributed by atoms with Crippen molar-refractivity contribution in [2.75, 3.05) is 19.6 Å². The lowest BCUT2D eigenvalue weighted by Gasteiger charge is -2.36. The summed E-state index contributed by atoms with van der Waals surface area (Å²) in [6.45, 7) is 14.0. The smallest absolute Gasteiger partial charge is 0.0241 e. The van der Waals surface area contributed by atoms with Crippen molar-refractivity contribution in [1.82, 2.24) is 10.2 Å². The summed E-state index contributed by atoms with van der Waals surface area (Å²) in [5.41, 5.74) is 4.62. The third-order valence-corrected chi connectivity index (χ3v) is 5.38. The van der Waals surface area contributed by atoms with Gasteiger partial charge in [0.25, 0.3) is 0 Å². The van der Waals surface area contributed by atoms with E-state index in [9.17, 15) is 0 Å². The molecule has 2 aliphatic rings. The van der Waals surface area contributed by atoms with Crippen LogP contribution in [0.2, 0.25) is 0 Å². The minimum Gasteiger partial charge on any atom is -0.316 e. The minimum atomic E-state index is 0.325. The Morgan fingerprint density at radius 3 is 2.74 bits per heavy atom. The van der Waals surface area contributed by atoms with Crippen molar-refractivity contribution in [3.8, 4) is 0 Å². The first-order valence-electron chi connectivity index (χ1n) is 7.50. The SMILES string of the molecule is Cc1ccc(CN2CC3CNCC3C2(C)C)c(C)c1. The molecule has 2 heteroatoms. The van der Waals surface area contributed by atoms with E-state index in [1.54, 1.807) is 0 Å². The van der Waals surface area contributed by atoms with Gasteiger partial charge in [-0.1, -0.05) is 23.8 Å². The monoisotopic (exact) mass is 258 g/mol. The van der Waals surface area contributed by atoms with Crippen LogP contribution >= 0.6 is 0 Å². The highest BCUT2D eigenvalue weighted by atomic mass is 15.2. The largest absolute Gasteiger partial charge is 0.316 e. The van der Waals surface area contributed by atoms with Crippen molar-refractivity contribution in [2.24, 2.45) is 11.8 Å². The highest BCUT2D eigenvalue weighted by Gasteiger charge is 2.49. The standard InChI is InChI=1S/C17H26N2/c1-12-5-6-14(13(2)7-12)10-19-11-15-8-18-9-16(15)17(19,3)4/h5-7,15-16,18H,8-11H2,1-4H3. The Morgan fingerprint density at radius 2 is 2.05 bits per heavy atom. The third kappa shape index (κ3) is 2.21. The van der Waals surface area contributed by atoms with Crippen LogP contribution < -0.4 is 5.32 Å². The number of hydrogen-bond acceptors (Lipinski definition) is 2. The molecule has 0 amide bonds. The molecule has 104 valence electrons. The maximum absolute atomic E-state index is 3.56. The van der Waals surface area contributed by atoms with Gasteiger partial charge in [-0.2, -0.15) is 0 Å². The summed E-state index contributed by atoms with van der Waals surface area (Å²) in [6.07, 6.45) is 0. The van der Waals surface area contributed by atoms with Gasteiger partial charge in [0.15, 0.2) is 0 Å². The molecule has 2 saturated heterocycles. The first-order valence-corrected chi connectivity index (χ1v) is 7.50. The molecule has 1 N–H and O–H groups in total. The molecule has 0 radical (unpaired) electrons. The van der Waals surface area contributed by atoms with Crippen LogP contribution in [-0.2, 0) is 6.54 Å². The average molecular weight is 258 g/mol. The molecule has 2 unspecified atom stereocenters. The Bertz CT molecular complexity index is 478. The molecule has 3 rings (SSSR count). The Labute approximate surface area is 117 Å². The minimum absolute atomic E-state index is 0.325. The van der Waals surface area contributed by atoms with Crippen LogP contribution in [0.3, 0.4) is 0 Å². The van der Waals surface area contributed by atoms with Gasteiger partial charge in [-0.3, -0.25) is 4.90 Å². The molecule has 1 aromatic carbocycles. The lowest BCUT2D eigenvalue weighted by atomic mass is 9.84. The number of fused-ring (bicyclic) bond motifs is 1. The first-order chi connectivity index (χ1) is 8.98. The summed E-state index contributed by atoms with van der Waals surface area (Å²) < 4.78 is 0. The van der Waals surface area contributed by atoms with E-state index in [2.05, 4.69) is 56.1 Å². The summed E-state index contributed by atoms with van der Waals surface area (Å²) in [5.74, 6) is 1.67. The lowest BCUT2D eigenvalue weighted by Crippen LogP contribution is -2.44. The number of likely N-dealkylation sites (tertiary alicyclic amines) is 1. The molecule has 1 aromatic rings. The zero-order valence-electron chi connectivity index (χ0n) is 12.7. The fourth-order valence-corrected chi connectivity index (χ4v) is 4.00. The fourth-order valence-electron chi connectivity index (χ4n) is 4.00. The van der Waals surface area contributed by atoms with Crippen LogP contribution in [0, 0.1) is 25.7 Å². The quantitative estimate of drug-likeness (QED) is 0.877. The summed E-state index contributed by atoms with van der Waals surface area (Å²) in [4.78, 5) is 2.70. The van der Waals surface area contributed by atoms with Gasteiger partial charge in [-0.05, 0) is 57.2 Å². The topological polar surface area (TPSA) is 15.3 Å². The molecule has 2 atom stereocenters. The number of benzene rings is 1. The third-order valence-electron chi connectivity index (χ3n) is 5.38. The second kappa shape index (κ2) is 4.60. The van der Waals surface area contributed by atoms with Crippen molar-refractivity contribution in [3.63, 3.8) is 0 Å². The molecule has 2 fully saturated rings. The van der Waals surface area contributed by atoms with Gasteiger partial charge in [0, 0.05) is 25.2 Å². The zero-order valence-corrected chi connectivity index (χ0v) is 12.7. The van der Waals surface area contributed by atoms with Crippen molar-refractivity contribution >= 4 is 0 Å². The van der Waals surface area contributed by atoms with E-state index < -0.39 is 0 Å². The molecule has 19 heavy (non-hydrogen) atoms. The molecule has 0 spiro atoms. The molecule has 2 aliphatic heterocycles. The molecule has 2 nitrogen and oxygen atoms in total. The molecule has 0 aromatic heterocycles. The highest BCUT2D eigenvalue weighted by molar-refractivity contribution is 5.30. The molecular weight excluding hydrogens is 232 g/mol. The molecule has 2 heterocycles. The molecular formula is C17H26N2. The molecule has 0 aliphatic carbocycles.